The highest BCUT2D eigenvalue weighted by molar-refractivity contribution is 5.86. The molecule has 4 aromatic carbocycles. The Morgan fingerprint density at radius 3 is 2.43 bits per heavy atom. The molecule has 0 saturated heterocycles. The van der Waals surface area contributed by atoms with Gasteiger partial charge in [-0.2, -0.15) is 0 Å². The fourth-order valence-corrected chi connectivity index (χ4v) is 3.77. The van der Waals surface area contributed by atoms with Crippen LogP contribution in [0.25, 0.3) is 33.1 Å². The first-order chi connectivity index (χ1) is 14.7. The van der Waals surface area contributed by atoms with Gasteiger partial charge in [-0.25, -0.2) is 0 Å². The van der Waals surface area contributed by atoms with Gasteiger partial charge in [-0.05, 0) is 35.4 Å². The minimum Gasteiger partial charge on any atom is -0.481 e. The first-order valence-electron chi connectivity index (χ1n) is 9.93. The predicted octanol–water partition coefficient (Wildman–Crippen LogP) is 6.50. The summed E-state index contributed by atoms with van der Waals surface area (Å²) in [6, 6.07) is 29.5. The van der Waals surface area contributed by atoms with Gasteiger partial charge in [0.1, 0.15) is 12.2 Å². The quantitative estimate of drug-likeness (QED) is 0.350. The van der Waals surface area contributed by atoms with Crippen molar-refractivity contribution >= 4 is 21.7 Å². The standard InChI is InChI=1S/C27H20O3/c1-18-14-15-24-23(16-18)25(28)27(26(30-24)20-9-3-2-4-10-20)29-17-21-12-7-11-19-8-5-6-13-22(19)21/h2-16H,17H2,1H3. The van der Waals surface area contributed by atoms with Crippen molar-refractivity contribution in [2.45, 2.75) is 13.5 Å². The molecule has 0 bridgehead atoms. The number of aryl methyl sites for hydroxylation is 1. The predicted molar refractivity (Wildman–Crippen MR) is 121 cm³/mol. The van der Waals surface area contributed by atoms with Crippen LogP contribution in [0.5, 0.6) is 5.75 Å². The average Bonchev–Trinajstić information content (AvgIpc) is 2.79. The van der Waals surface area contributed by atoms with Gasteiger partial charge in [-0.3, -0.25) is 4.79 Å². The van der Waals surface area contributed by atoms with Crippen LogP contribution >= 0.6 is 0 Å². The second-order valence-corrected chi connectivity index (χ2v) is 7.38. The van der Waals surface area contributed by atoms with E-state index >= 15 is 0 Å². The minimum atomic E-state index is -0.154. The van der Waals surface area contributed by atoms with Crippen molar-refractivity contribution in [1.29, 1.82) is 0 Å². The van der Waals surface area contributed by atoms with Gasteiger partial charge in [0.15, 0.2) is 5.76 Å². The highest BCUT2D eigenvalue weighted by Crippen LogP contribution is 2.32. The van der Waals surface area contributed by atoms with Crippen LogP contribution < -0.4 is 10.2 Å². The summed E-state index contributed by atoms with van der Waals surface area (Å²) >= 11 is 0. The molecule has 0 atom stereocenters. The summed E-state index contributed by atoms with van der Waals surface area (Å²) in [4.78, 5) is 13.4. The molecule has 0 aliphatic rings. The lowest BCUT2D eigenvalue weighted by molar-refractivity contribution is 0.299. The zero-order valence-corrected chi connectivity index (χ0v) is 16.6. The molecule has 30 heavy (non-hydrogen) atoms. The highest BCUT2D eigenvalue weighted by Gasteiger charge is 2.18. The molecule has 0 saturated carbocycles. The Morgan fingerprint density at radius 2 is 1.57 bits per heavy atom. The minimum absolute atomic E-state index is 0.154. The van der Waals surface area contributed by atoms with E-state index in [9.17, 15) is 4.79 Å². The van der Waals surface area contributed by atoms with Gasteiger partial charge in [0, 0.05) is 5.56 Å². The van der Waals surface area contributed by atoms with E-state index in [1.165, 1.54) is 0 Å². The topological polar surface area (TPSA) is 39.4 Å². The van der Waals surface area contributed by atoms with Crippen molar-refractivity contribution in [3.8, 4) is 17.1 Å². The first kappa shape index (κ1) is 18.2. The molecule has 0 amide bonds. The van der Waals surface area contributed by atoms with Crippen LogP contribution in [-0.4, -0.2) is 0 Å². The van der Waals surface area contributed by atoms with E-state index in [1.807, 2.05) is 79.7 Å². The third-order valence-corrected chi connectivity index (χ3v) is 5.29. The van der Waals surface area contributed by atoms with Crippen molar-refractivity contribution in [3.05, 3.63) is 112 Å². The summed E-state index contributed by atoms with van der Waals surface area (Å²) in [5, 5.41) is 2.79. The van der Waals surface area contributed by atoms with Crippen LogP contribution in [0.15, 0.2) is 100 Å². The Balaban J connectivity index is 1.65. The number of fused-ring (bicyclic) bond motifs is 2. The molecule has 0 spiro atoms. The Morgan fingerprint density at radius 1 is 0.800 bits per heavy atom. The second kappa shape index (κ2) is 7.53. The van der Waals surface area contributed by atoms with Crippen molar-refractivity contribution in [1.82, 2.24) is 0 Å². The largest absolute Gasteiger partial charge is 0.481 e. The van der Waals surface area contributed by atoms with Gasteiger partial charge in [0.25, 0.3) is 0 Å². The third-order valence-electron chi connectivity index (χ3n) is 5.29. The summed E-state index contributed by atoms with van der Waals surface area (Å²) in [5.74, 6) is 0.699. The Bertz CT molecular complexity index is 1410. The lowest BCUT2D eigenvalue weighted by atomic mass is 10.1. The molecule has 3 nitrogen and oxygen atoms in total. The van der Waals surface area contributed by atoms with Gasteiger partial charge >= 0.3 is 0 Å². The van der Waals surface area contributed by atoms with E-state index in [0.29, 0.717) is 16.7 Å². The summed E-state index contributed by atoms with van der Waals surface area (Å²) in [7, 11) is 0. The second-order valence-electron chi connectivity index (χ2n) is 7.38. The smallest absolute Gasteiger partial charge is 0.235 e. The van der Waals surface area contributed by atoms with Gasteiger partial charge in [-0.15, -0.1) is 0 Å². The summed E-state index contributed by atoms with van der Waals surface area (Å²) in [6.07, 6.45) is 0. The fraction of sp³-hybridized carbons (Fsp3) is 0.0741. The molecule has 1 aromatic heterocycles. The molecular weight excluding hydrogens is 372 g/mol. The van der Waals surface area contributed by atoms with Crippen molar-refractivity contribution < 1.29 is 9.15 Å². The van der Waals surface area contributed by atoms with E-state index in [-0.39, 0.29) is 17.8 Å². The molecule has 5 aromatic rings. The van der Waals surface area contributed by atoms with E-state index in [4.69, 9.17) is 9.15 Å². The molecule has 5 rings (SSSR count). The Labute approximate surface area is 174 Å². The summed E-state index contributed by atoms with van der Waals surface area (Å²) in [6.45, 7) is 2.24. The van der Waals surface area contributed by atoms with Crippen molar-refractivity contribution in [3.63, 3.8) is 0 Å². The van der Waals surface area contributed by atoms with Crippen molar-refractivity contribution in [2.24, 2.45) is 0 Å². The van der Waals surface area contributed by atoms with Crippen LogP contribution in [0.3, 0.4) is 0 Å². The third kappa shape index (κ3) is 3.25. The number of rotatable bonds is 4. The average molecular weight is 392 g/mol. The lowest BCUT2D eigenvalue weighted by Crippen LogP contribution is -2.10. The van der Waals surface area contributed by atoms with Gasteiger partial charge in [-0.1, -0.05) is 84.4 Å². The molecule has 0 N–H and O–H groups in total. The van der Waals surface area contributed by atoms with E-state index in [0.717, 1.165) is 27.5 Å². The number of ether oxygens (including phenoxy) is 1. The van der Waals surface area contributed by atoms with E-state index in [2.05, 4.69) is 18.2 Å². The van der Waals surface area contributed by atoms with Crippen molar-refractivity contribution in [2.75, 3.05) is 0 Å². The van der Waals surface area contributed by atoms with Crippen LogP contribution in [-0.2, 0) is 6.61 Å². The number of benzene rings is 4. The normalized spacial score (nSPS) is 11.1. The van der Waals surface area contributed by atoms with E-state index in [1.54, 1.807) is 0 Å². The van der Waals surface area contributed by atoms with Gasteiger partial charge in [0.05, 0.1) is 5.39 Å². The lowest BCUT2D eigenvalue weighted by Gasteiger charge is -2.13. The van der Waals surface area contributed by atoms with Crippen LogP contribution in [0, 0.1) is 6.92 Å². The molecule has 0 aliphatic heterocycles. The van der Waals surface area contributed by atoms with Gasteiger partial charge < -0.3 is 9.15 Å². The van der Waals surface area contributed by atoms with Crippen LogP contribution in [0.1, 0.15) is 11.1 Å². The van der Waals surface area contributed by atoms with Crippen LogP contribution in [0.2, 0.25) is 0 Å². The summed E-state index contributed by atoms with van der Waals surface area (Å²) < 4.78 is 12.3. The Hall–Kier alpha value is -3.85. The highest BCUT2D eigenvalue weighted by atomic mass is 16.5. The maximum Gasteiger partial charge on any atom is 0.235 e. The molecule has 0 fully saturated rings. The fourth-order valence-electron chi connectivity index (χ4n) is 3.77. The Kier molecular flexibility index (Phi) is 4.56. The van der Waals surface area contributed by atoms with E-state index < -0.39 is 0 Å². The molecule has 0 radical (unpaired) electrons. The maximum atomic E-state index is 13.4. The van der Waals surface area contributed by atoms with Gasteiger partial charge in [0.2, 0.25) is 11.2 Å². The molecule has 146 valence electrons. The molecule has 0 unspecified atom stereocenters. The molecule has 0 aliphatic carbocycles. The molecular formula is C27H20O3. The summed E-state index contributed by atoms with van der Waals surface area (Å²) in [5.41, 5.74) is 3.24. The first-order valence-corrected chi connectivity index (χ1v) is 9.93. The van der Waals surface area contributed by atoms with Crippen LogP contribution in [0.4, 0.5) is 0 Å². The zero-order valence-electron chi connectivity index (χ0n) is 16.6. The number of hydrogen-bond donors (Lipinski definition) is 0. The SMILES string of the molecule is Cc1ccc2oc(-c3ccccc3)c(OCc3cccc4ccccc34)c(=O)c2c1. The maximum absolute atomic E-state index is 13.4. The number of hydrogen-bond acceptors (Lipinski definition) is 3. The molecule has 1 heterocycles. The zero-order chi connectivity index (χ0) is 20.5. The monoisotopic (exact) mass is 392 g/mol. The molecule has 3 heteroatoms.